The van der Waals surface area contributed by atoms with Gasteiger partial charge in [0.15, 0.2) is 11.6 Å². The van der Waals surface area contributed by atoms with Crippen LogP contribution in [0.1, 0.15) is 75.0 Å². The van der Waals surface area contributed by atoms with Crippen molar-refractivity contribution in [3.8, 4) is 0 Å². The number of hydrogen-bond donors (Lipinski definition) is 0. The Morgan fingerprint density at radius 2 is 1.81 bits per heavy atom. The molecule has 0 radical (unpaired) electrons. The van der Waals surface area contributed by atoms with Crippen molar-refractivity contribution in [1.82, 2.24) is 9.47 Å². The molecule has 170 valence electrons. The number of benzene rings is 1. The first-order chi connectivity index (χ1) is 15.3. The highest BCUT2D eigenvalue weighted by Gasteiger charge is 2.28. The summed E-state index contributed by atoms with van der Waals surface area (Å²) in [5.41, 5.74) is 6.01. The van der Waals surface area contributed by atoms with Gasteiger partial charge in [-0.25, -0.2) is 0 Å². The zero-order chi connectivity index (χ0) is 23.0. The van der Waals surface area contributed by atoms with Crippen molar-refractivity contribution < 1.29 is 9.59 Å². The van der Waals surface area contributed by atoms with Crippen molar-refractivity contribution >= 4 is 22.5 Å². The van der Waals surface area contributed by atoms with Crippen molar-refractivity contribution in [3.63, 3.8) is 0 Å². The molecule has 2 aromatic rings. The summed E-state index contributed by atoms with van der Waals surface area (Å²) in [6.45, 7) is 10.7. The average molecular weight is 433 g/mol. The number of piperidine rings is 1. The highest BCUT2D eigenvalue weighted by atomic mass is 16.1. The number of likely N-dealkylation sites (tertiary alicyclic amines) is 1. The first-order valence-electron chi connectivity index (χ1n) is 12.0. The van der Waals surface area contributed by atoms with Crippen LogP contribution in [0.25, 0.3) is 10.9 Å². The van der Waals surface area contributed by atoms with Crippen molar-refractivity contribution in [1.29, 1.82) is 0 Å². The van der Waals surface area contributed by atoms with Crippen LogP contribution in [0.3, 0.4) is 0 Å². The Labute approximate surface area is 192 Å². The number of aromatic nitrogens is 1. The first kappa shape index (κ1) is 22.7. The summed E-state index contributed by atoms with van der Waals surface area (Å²) in [7, 11) is 2.19. The third-order valence-corrected chi connectivity index (χ3v) is 7.60. The second kappa shape index (κ2) is 9.19. The highest BCUT2D eigenvalue weighted by Crippen LogP contribution is 2.36. The molecule has 4 heteroatoms. The fraction of sp³-hybridized carbons (Fsp3) is 0.500. The summed E-state index contributed by atoms with van der Waals surface area (Å²) in [4.78, 5) is 28.4. The third kappa shape index (κ3) is 4.25. The van der Waals surface area contributed by atoms with E-state index in [0.29, 0.717) is 31.2 Å². The van der Waals surface area contributed by atoms with E-state index >= 15 is 0 Å². The van der Waals surface area contributed by atoms with Gasteiger partial charge in [-0.15, -0.1) is 0 Å². The number of ketones is 2. The molecule has 1 aliphatic heterocycles. The van der Waals surface area contributed by atoms with E-state index in [1.165, 1.54) is 12.8 Å². The number of allylic oxidation sites excluding steroid dienone is 4. The molecule has 4 rings (SSSR count). The van der Waals surface area contributed by atoms with Crippen LogP contribution in [0.15, 0.2) is 47.1 Å². The Morgan fingerprint density at radius 3 is 2.50 bits per heavy atom. The summed E-state index contributed by atoms with van der Waals surface area (Å²) < 4.78 is 2.40. The van der Waals surface area contributed by atoms with Crippen LogP contribution in [0, 0.1) is 12.8 Å². The number of fused-ring (bicyclic) bond motifs is 1. The number of carbonyl (C=O) groups is 2. The number of hydrogen-bond acceptors (Lipinski definition) is 3. The molecule has 1 atom stereocenters. The Hall–Kier alpha value is -2.46. The lowest BCUT2D eigenvalue weighted by Gasteiger charge is -2.34. The smallest absolute Gasteiger partial charge is 0.165 e. The number of rotatable bonds is 6. The van der Waals surface area contributed by atoms with Gasteiger partial charge in [0.25, 0.3) is 0 Å². The minimum Gasteiger partial charge on any atom is -0.341 e. The van der Waals surface area contributed by atoms with Gasteiger partial charge in [-0.05, 0) is 90.2 Å². The second-order valence-electron chi connectivity index (χ2n) is 9.90. The quantitative estimate of drug-likeness (QED) is 0.522. The van der Waals surface area contributed by atoms with E-state index in [1.54, 1.807) is 0 Å². The Morgan fingerprint density at radius 1 is 1.12 bits per heavy atom. The van der Waals surface area contributed by atoms with Gasteiger partial charge in [0.05, 0.1) is 0 Å². The molecule has 0 N–H and O–H groups in total. The molecule has 1 saturated heterocycles. The lowest BCUT2D eigenvalue weighted by atomic mass is 9.88. The molecule has 4 nitrogen and oxygen atoms in total. The van der Waals surface area contributed by atoms with Gasteiger partial charge in [-0.1, -0.05) is 29.8 Å². The van der Waals surface area contributed by atoms with E-state index in [2.05, 4.69) is 54.6 Å². The van der Waals surface area contributed by atoms with Gasteiger partial charge < -0.3 is 9.47 Å². The summed E-state index contributed by atoms with van der Waals surface area (Å²) >= 11 is 0. The minimum atomic E-state index is 0.146. The van der Waals surface area contributed by atoms with Crippen LogP contribution in [-0.2, 0) is 4.79 Å². The van der Waals surface area contributed by atoms with Gasteiger partial charge in [-0.2, -0.15) is 0 Å². The van der Waals surface area contributed by atoms with Gasteiger partial charge in [0.2, 0.25) is 0 Å². The van der Waals surface area contributed by atoms with E-state index in [1.807, 2.05) is 19.9 Å². The first-order valence-corrected chi connectivity index (χ1v) is 12.0. The van der Waals surface area contributed by atoms with Gasteiger partial charge in [-0.3, -0.25) is 9.59 Å². The molecule has 1 aromatic carbocycles. The van der Waals surface area contributed by atoms with E-state index in [0.717, 1.165) is 52.0 Å². The van der Waals surface area contributed by atoms with Gasteiger partial charge in [0.1, 0.15) is 0 Å². The summed E-state index contributed by atoms with van der Waals surface area (Å²) in [6, 6.07) is 8.67. The molecule has 2 aliphatic rings. The van der Waals surface area contributed by atoms with Crippen molar-refractivity contribution in [3.05, 3.63) is 58.3 Å². The Bertz CT molecular complexity index is 1110. The fourth-order valence-electron chi connectivity index (χ4n) is 5.78. The molecule has 1 fully saturated rings. The van der Waals surface area contributed by atoms with Gasteiger partial charge >= 0.3 is 0 Å². The minimum absolute atomic E-state index is 0.146. The van der Waals surface area contributed by atoms with Crippen LogP contribution in [0.5, 0.6) is 0 Å². The molecular weight excluding hydrogens is 396 g/mol. The highest BCUT2D eigenvalue weighted by molar-refractivity contribution is 6.10. The predicted octanol–water partition coefficient (Wildman–Crippen LogP) is 6.05. The maximum atomic E-state index is 13.5. The summed E-state index contributed by atoms with van der Waals surface area (Å²) in [6.07, 6.45) is 5.85. The molecular formula is C28H36N2O2. The van der Waals surface area contributed by atoms with E-state index in [9.17, 15) is 9.59 Å². The van der Waals surface area contributed by atoms with E-state index in [4.69, 9.17) is 0 Å². The van der Waals surface area contributed by atoms with Gasteiger partial charge in [0, 0.05) is 41.0 Å². The molecule has 2 heterocycles. The van der Waals surface area contributed by atoms with Crippen LogP contribution < -0.4 is 0 Å². The molecule has 0 amide bonds. The monoisotopic (exact) mass is 432 g/mol. The Balaban J connectivity index is 1.63. The molecule has 1 aromatic heterocycles. The zero-order valence-electron chi connectivity index (χ0n) is 20.2. The second-order valence-corrected chi connectivity index (χ2v) is 9.90. The van der Waals surface area contributed by atoms with Crippen molar-refractivity contribution in [2.45, 2.75) is 65.8 Å². The number of Topliss-reactive ketones (excluding diaryl/α,β-unsaturated/α-hetero) is 2. The number of carbonyl (C=O) groups excluding carboxylic acids is 2. The van der Waals surface area contributed by atoms with Crippen molar-refractivity contribution in [2.75, 3.05) is 20.1 Å². The SMILES string of the molecule is CC1=CC(C)=C(CCC(=O)c2c(C)n([C@@H](C)C3CCN(C)CC3)c3ccccc23)C(=O)C1. The third-order valence-electron chi connectivity index (χ3n) is 7.60. The van der Waals surface area contributed by atoms with E-state index < -0.39 is 0 Å². The van der Waals surface area contributed by atoms with Crippen molar-refractivity contribution in [2.24, 2.45) is 5.92 Å². The lowest BCUT2D eigenvalue weighted by molar-refractivity contribution is -0.115. The molecule has 0 bridgehead atoms. The number of para-hydroxylation sites is 1. The standard InChI is InChI=1S/C28H36N2O2/c1-18-16-19(2)23(27(32)17-18)10-11-26(31)28-21(4)30(25-9-7-6-8-24(25)28)20(3)22-12-14-29(5)15-13-22/h6-9,16,20,22H,10-15,17H2,1-5H3/t20-/m0/s1. The molecule has 0 unspecified atom stereocenters. The Kier molecular flexibility index (Phi) is 6.52. The maximum absolute atomic E-state index is 13.5. The summed E-state index contributed by atoms with van der Waals surface area (Å²) in [5.74, 6) is 0.934. The van der Waals surface area contributed by atoms with Crippen LogP contribution >= 0.6 is 0 Å². The average Bonchev–Trinajstić information content (AvgIpc) is 3.04. The zero-order valence-corrected chi connectivity index (χ0v) is 20.2. The largest absolute Gasteiger partial charge is 0.341 e. The maximum Gasteiger partial charge on any atom is 0.165 e. The summed E-state index contributed by atoms with van der Waals surface area (Å²) in [5, 5.41) is 1.05. The van der Waals surface area contributed by atoms with Crippen LogP contribution in [-0.4, -0.2) is 41.2 Å². The molecule has 1 aliphatic carbocycles. The molecule has 0 saturated carbocycles. The normalized spacial score (nSPS) is 19.5. The van der Waals surface area contributed by atoms with E-state index in [-0.39, 0.29) is 11.6 Å². The molecule has 32 heavy (non-hydrogen) atoms. The topological polar surface area (TPSA) is 42.3 Å². The lowest BCUT2D eigenvalue weighted by Crippen LogP contribution is -2.33. The predicted molar refractivity (Wildman–Crippen MR) is 131 cm³/mol. The fourth-order valence-corrected chi connectivity index (χ4v) is 5.78. The van der Waals surface area contributed by atoms with Crippen LogP contribution in [0.4, 0.5) is 0 Å². The molecule has 0 spiro atoms. The number of nitrogens with zero attached hydrogens (tertiary/aromatic N) is 2. The van der Waals surface area contributed by atoms with Crippen LogP contribution in [0.2, 0.25) is 0 Å².